The lowest BCUT2D eigenvalue weighted by atomic mass is 10.1. The fourth-order valence-electron chi connectivity index (χ4n) is 1.10. The van der Waals surface area contributed by atoms with Crippen LogP contribution in [0.1, 0.15) is 11.1 Å². The zero-order valence-electron chi connectivity index (χ0n) is 7.29. The summed E-state index contributed by atoms with van der Waals surface area (Å²) >= 11 is 0. The van der Waals surface area contributed by atoms with Gasteiger partial charge < -0.3 is 15.6 Å². The lowest BCUT2D eigenvalue weighted by Crippen LogP contribution is -1.99. The Hall–Kier alpha value is -1.22. The molecule has 3 N–H and O–H groups in total. The smallest absolute Gasteiger partial charge is 0.160 e. The number of aryl methyl sites for hydroxylation is 1. The van der Waals surface area contributed by atoms with E-state index in [1.165, 1.54) is 7.11 Å². The first-order chi connectivity index (χ1) is 5.69. The first-order valence-electron chi connectivity index (χ1n) is 3.75. The molecule has 1 aromatic rings. The van der Waals surface area contributed by atoms with Gasteiger partial charge in [0, 0.05) is 6.54 Å². The van der Waals surface area contributed by atoms with Gasteiger partial charge in [-0.25, -0.2) is 0 Å². The Morgan fingerprint density at radius 2 is 2.17 bits per heavy atom. The quantitative estimate of drug-likeness (QED) is 0.695. The minimum absolute atomic E-state index is 0.159. The number of rotatable bonds is 2. The lowest BCUT2D eigenvalue weighted by Gasteiger charge is -2.08. The van der Waals surface area contributed by atoms with Gasteiger partial charge in [-0.15, -0.1) is 0 Å². The Bertz CT molecular complexity index is 259. The zero-order valence-corrected chi connectivity index (χ0v) is 7.29. The average molecular weight is 167 g/mol. The molecule has 0 unspecified atom stereocenters. The summed E-state index contributed by atoms with van der Waals surface area (Å²) in [6.07, 6.45) is 0. The van der Waals surface area contributed by atoms with Crippen molar-refractivity contribution in [3.63, 3.8) is 0 Å². The van der Waals surface area contributed by atoms with E-state index in [9.17, 15) is 5.11 Å². The van der Waals surface area contributed by atoms with Crippen LogP contribution in [0.3, 0.4) is 0 Å². The van der Waals surface area contributed by atoms with E-state index in [-0.39, 0.29) is 5.75 Å². The zero-order chi connectivity index (χ0) is 9.14. The van der Waals surface area contributed by atoms with Crippen molar-refractivity contribution in [1.29, 1.82) is 0 Å². The van der Waals surface area contributed by atoms with Crippen LogP contribution in [0, 0.1) is 6.92 Å². The number of methoxy groups -OCH3 is 1. The van der Waals surface area contributed by atoms with Crippen molar-refractivity contribution in [3.05, 3.63) is 23.3 Å². The van der Waals surface area contributed by atoms with Gasteiger partial charge in [-0.1, -0.05) is 0 Å². The molecule has 0 aliphatic rings. The Morgan fingerprint density at radius 3 is 2.67 bits per heavy atom. The molecule has 12 heavy (non-hydrogen) atoms. The van der Waals surface area contributed by atoms with Crippen LogP contribution in [0.15, 0.2) is 12.1 Å². The molecule has 3 nitrogen and oxygen atoms in total. The summed E-state index contributed by atoms with van der Waals surface area (Å²) in [5.74, 6) is 0.633. The van der Waals surface area contributed by atoms with E-state index in [0.717, 1.165) is 11.1 Å². The topological polar surface area (TPSA) is 55.5 Å². The number of ether oxygens (including phenoxy) is 1. The van der Waals surface area contributed by atoms with Crippen LogP contribution >= 0.6 is 0 Å². The van der Waals surface area contributed by atoms with Crippen LogP contribution in [0.5, 0.6) is 11.5 Å². The molecule has 0 fully saturated rings. The minimum atomic E-state index is 0.159. The third-order valence-corrected chi connectivity index (χ3v) is 1.86. The van der Waals surface area contributed by atoms with Crippen molar-refractivity contribution >= 4 is 0 Å². The van der Waals surface area contributed by atoms with E-state index in [4.69, 9.17) is 10.5 Å². The molecule has 0 bridgehead atoms. The van der Waals surface area contributed by atoms with Crippen LogP contribution in [-0.4, -0.2) is 12.2 Å². The van der Waals surface area contributed by atoms with E-state index < -0.39 is 0 Å². The van der Waals surface area contributed by atoms with E-state index >= 15 is 0 Å². The molecule has 66 valence electrons. The maximum atomic E-state index is 9.35. The van der Waals surface area contributed by atoms with Crippen molar-refractivity contribution in [2.75, 3.05) is 7.11 Å². The predicted molar refractivity (Wildman–Crippen MR) is 47.3 cm³/mol. The average Bonchev–Trinajstić information content (AvgIpc) is 2.05. The third-order valence-electron chi connectivity index (χ3n) is 1.86. The van der Waals surface area contributed by atoms with Crippen molar-refractivity contribution in [1.82, 2.24) is 0 Å². The highest BCUT2D eigenvalue weighted by atomic mass is 16.5. The second-order valence-corrected chi connectivity index (χ2v) is 2.65. The van der Waals surface area contributed by atoms with Crippen LogP contribution < -0.4 is 10.5 Å². The number of phenolic OH excluding ortho intramolecular Hbond substituents is 1. The third kappa shape index (κ3) is 1.51. The van der Waals surface area contributed by atoms with Crippen LogP contribution in [-0.2, 0) is 6.54 Å². The van der Waals surface area contributed by atoms with Gasteiger partial charge in [0.15, 0.2) is 11.5 Å². The van der Waals surface area contributed by atoms with Crippen LogP contribution in [0.2, 0.25) is 0 Å². The first kappa shape index (κ1) is 8.87. The maximum absolute atomic E-state index is 9.35. The molecule has 0 radical (unpaired) electrons. The SMILES string of the molecule is COc1cc(CN)c(C)cc1O. The van der Waals surface area contributed by atoms with Crippen molar-refractivity contribution in [2.45, 2.75) is 13.5 Å². The molecule has 0 aliphatic carbocycles. The summed E-state index contributed by atoms with van der Waals surface area (Å²) in [5.41, 5.74) is 7.46. The second kappa shape index (κ2) is 3.45. The summed E-state index contributed by atoms with van der Waals surface area (Å²) in [5, 5.41) is 9.35. The number of hydrogen-bond acceptors (Lipinski definition) is 3. The number of benzene rings is 1. The molecule has 0 heterocycles. The van der Waals surface area contributed by atoms with Gasteiger partial charge in [-0.05, 0) is 30.2 Å². The summed E-state index contributed by atoms with van der Waals surface area (Å²) < 4.78 is 4.94. The molecule has 0 atom stereocenters. The van der Waals surface area contributed by atoms with Gasteiger partial charge in [0.05, 0.1) is 7.11 Å². The highest BCUT2D eigenvalue weighted by Crippen LogP contribution is 2.28. The molecule has 0 amide bonds. The van der Waals surface area contributed by atoms with E-state index in [1.807, 2.05) is 6.92 Å². The van der Waals surface area contributed by atoms with Gasteiger partial charge >= 0.3 is 0 Å². The molecular formula is C9H13NO2. The Balaban J connectivity index is 3.18. The molecule has 0 aromatic heterocycles. The summed E-state index contributed by atoms with van der Waals surface area (Å²) in [6, 6.07) is 3.41. The molecular weight excluding hydrogens is 154 g/mol. The molecule has 1 rings (SSSR count). The highest BCUT2D eigenvalue weighted by molar-refractivity contribution is 5.45. The monoisotopic (exact) mass is 167 g/mol. The van der Waals surface area contributed by atoms with Gasteiger partial charge in [-0.2, -0.15) is 0 Å². The maximum Gasteiger partial charge on any atom is 0.160 e. The number of nitrogens with two attached hydrogens (primary N) is 1. The molecule has 0 spiro atoms. The van der Waals surface area contributed by atoms with E-state index in [2.05, 4.69) is 0 Å². The minimum Gasteiger partial charge on any atom is -0.504 e. The van der Waals surface area contributed by atoms with Gasteiger partial charge in [0.1, 0.15) is 0 Å². The van der Waals surface area contributed by atoms with Crippen molar-refractivity contribution in [2.24, 2.45) is 5.73 Å². The summed E-state index contributed by atoms with van der Waals surface area (Å²) in [4.78, 5) is 0. The fourth-order valence-corrected chi connectivity index (χ4v) is 1.10. The van der Waals surface area contributed by atoms with E-state index in [0.29, 0.717) is 12.3 Å². The predicted octanol–water partition coefficient (Wildman–Crippen LogP) is 1.17. The largest absolute Gasteiger partial charge is 0.504 e. The van der Waals surface area contributed by atoms with E-state index in [1.54, 1.807) is 12.1 Å². The summed E-state index contributed by atoms with van der Waals surface area (Å²) in [6.45, 7) is 2.36. The Labute approximate surface area is 71.8 Å². The van der Waals surface area contributed by atoms with Crippen molar-refractivity contribution in [3.8, 4) is 11.5 Å². The Kier molecular flexibility index (Phi) is 2.55. The summed E-state index contributed by atoms with van der Waals surface area (Å²) in [7, 11) is 1.52. The first-order valence-corrected chi connectivity index (χ1v) is 3.75. The van der Waals surface area contributed by atoms with Gasteiger partial charge in [-0.3, -0.25) is 0 Å². The molecule has 0 saturated carbocycles. The lowest BCUT2D eigenvalue weighted by molar-refractivity contribution is 0.372. The van der Waals surface area contributed by atoms with Gasteiger partial charge in [0.2, 0.25) is 0 Å². The van der Waals surface area contributed by atoms with Crippen LogP contribution in [0.4, 0.5) is 0 Å². The molecule has 3 heteroatoms. The van der Waals surface area contributed by atoms with Crippen molar-refractivity contribution < 1.29 is 9.84 Å². The Morgan fingerprint density at radius 1 is 1.50 bits per heavy atom. The standard InChI is InChI=1S/C9H13NO2/c1-6-3-8(11)9(12-2)4-7(6)5-10/h3-4,11H,5,10H2,1-2H3. The molecule has 0 aliphatic heterocycles. The number of phenols is 1. The molecule has 1 aromatic carbocycles. The number of aromatic hydroxyl groups is 1. The number of hydrogen-bond donors (Lipinski definition) is 2. The highest BCUT2D eigenvalue weighted by Gasteiger charge is 2.04. The second-order valence-electron chi connectivity index (χ2n) is 2.65. The normalized spacial score (nSPS) is 9.92. The molecule has 0 saturated heterocycles. The van der Waals surface area contributed by atoms with Crippen LogP contribution in [0.25, 0.3) is 0 Å². The van der Waals surface area contributed by atoms with Gasteiger partial charge in [0.25, 0.3) is 0 Å². The fraction of sp³-hybridized carbons (Fsp3) is 0.333.